The van der Waals surface area contributed by atoms with Crippen LogP contribution >= 0.6 is 12.4 Å². The standard InChI is InChI=1S/C16H24N2O2.ClH/c1-12(2)14(13-6-4-3-5-7-13)10-18-16(19)15-11-20-9-8-17-15;/h3-7,12,14-15,17H,8-11H2,1-2H3,(H,18,19);1H. The number of benzene rings is 1. The molecule has 1 amide bonds. The van der Waals surface area contributed by atoms with Gasteiger partial charge in [-0.3, -0.25) is 4.79 Å². The van der Waals surface area contributed by atoms with E-state index >= 15 is 0 Å². The SMILES string of the molecule is CC(C)C(CNC(=O)C1COCCN1)c1ccccc1.Cl. The highest BCUT2D eigenvalue weighted by Crippen LogP contribution is 2.23. The van der Waals surface area contributed by atoms with Crippen LogP contribution in [0.5, 0.6) is 0 Å². The van der Waals surface area contributed by atoms with E-state index in [1.165, 1.54) is 5.56 Å². The van der Waals surface area contributed by atoms with Crippen molar-refractivity contribution in [1.29, 1.82) is 0 Å². The molecule has 1 aromatic rings. The van der Waals surface area contributed by atoms with Crippen LogP contribution in [0.1, 0.15) is 25.3 Å². The van der Waals surface area contributed by atoms with Crippen LogP contribution in [-0.2, 0) is 9.53 Å². The maximum Gasteiger partial charge on any atom is 0.239 e. The number of hydrogen-bond donors (Lipinski definition) is 2. The molecule has 0 radical (unpaired) electrons. The van der Waals surface area contributed by atoms with Gasteiger partial charge in [0, 0.05) is 19.0 Å². The fourth-order valence-corrected chi connectivity index (χ4v) is 2.51. The molecule has 1 aliphatic heterocycles. The lowest BCUT2D eigenvalue weighted by Gasteiger charge is -2.26. The number of hydrogen-bond acceptors (Lipinski definition) is 3. The number of ether oxygens (including phenoxy) is 1. The van der Waals surface area contributed by atoms with Crippen molar-refractivity contribution in [2.24, 2.45) is 5.92 Å². The van der Waals surface area contributed by atoms with Crippen LogP contribution in [-0.4, -0.2) is 38.3 Å². The summed E-state index contributed by atoms with van der Waals surface area (Å²) < 4.78 is 5.32. The van der Waals surface area contributed by atoms with E-state index in [9.17, 15) is 4.79 Å². The molecule has 0 bridgehead atoms. The molecule has 118 valence electrons. The van der Waals surface area contributed by atoms with Crippen molar-refractivity contribution in [1.82, 2.24) is 10.6 Å². The molecule has 0 spiro atoms. The van der Waals surface area contributed by atoms with E-state index in [4.69, 9.17) is 4.74 Å². The van der Waals surface area contributed by atoms with Gasteiger partial charge in [-0.15, -0.1) is 12.4 Å². The first kappa shape index (κ1) is 18.0. The van der Waals surface area contributed by atoms with E-state index in [-0.39, 0.29) is 24.4 Å². The summed E-state index contributed by atoms with van der Waals surface area (Å²) in [5, 5.41) is 6.23. The Bertz CT molecular complexity index is 420. The Morgan fingerprint density at radius 3 is 2.67 bits per heavy atom. The second-order valence-electron chi connectivity index (χ2n) is 5.59. The van der Waals surface area contributed by atoms with Gasteiger partial charge in [0.15, 0.2) is 0 Å². The zero-order chi connectivity index (χ0) is 14.4. The Balaban J connectivity index is 0.00000220. The number of rotatable bonds is 5. The van der Waals surface area contributed by atoms with Gasteiger partial charge in [0.25, 0.3) is 0 Å². The van der Waals surface area contributed by atoms with Crippen molar-refractivity contribution < 1.29 is 9.53 Å². The van der Waals surface area contributed by atoms with Gasteiger partial charge in [0.2, 0.25) is 5.91 Å². The fourth-order valence-electron chi connectivity index (χ4n) is 2.51. The first-order valence-electron chi connectivity index (χ1n) is 7.32. The molecule has 4 nitrogen and oxygen atoms in total. The average Bonchev–Trinajstić information content (AvgIpc) is 2.49. The third-order valence-corrected chi connectivity index (χ3v) is 3.77. The predicted molar refractivity (Wildman–Crippen MR) is 86.9 cm³/mol. The van der Waals surface area contributed by atoms with Gasteiger partial charge in [-0.1, -0.05) is 44.2 Å². The summed E-state index contributed by atoms with van der Waals surface area (Å²) in [7, 11) is 0. The molecular formula is C16H25ClN2O2. The number of morpholine rings is 1. The van der Waals surface area contributed by atoms with E-state index < -0.39 is 0 Å². The first-order chi connectivity index (χ1) is 9.68. The fraction of sp³-hybridized carbons (Fsp3) is 0.562. The molecule has 21 heavy (non-hydrogen) atoms. The van der Waals surface area contributed by atoms with Crippen molar-refractivity contribution in [2.45, 2.75) is 25.8 Å². The summed E-state index contributed by atoms with van der Waals surface area (Å²) in [4.78, 5) is 12.1. The molecule has 0 aliphatic carbocycles. The lowest BCUT2D eigenvalue weighted by molar-refractivity contribution is -0.126. The molecule has 2 unspecified atom stereocenters. The van der Waals surface area contributed by atoms with Crippen LogP contribution < -0.4 is 10.6 Å². The molecule has 1 fully saturated rings. The van der Waals surface area contributed by atoms with Crippen molar-refractivity contribution >= 4 is 18.3 Å². The minimum atomic E-state index is -0.215. The lowest BCUT2D eigenvalue weighted by atomic mass is 9.88. The molecule has 0 saturated carbocycles. The minimum absolute atomic E-state index is 0. The summed E-state index contributed by atoms with van der Waals surface area (Å²) in [6, 6.07) is 10.1. The number of carbonyl (C=O) groups is 1. The first-order valence-corrected chi connectivity index (χ1v) is 7.32. The molecule has 1 heterocycles. The van der Waals surface area contributed by atoms with Gasteiger partial charge in [-0.25, -0.2) is 0 Å². The van der Waals surface area contributed by atoms with E-state index in [1.54, 1.807) is 0 Å². The van der Waals surface area contributed by atoms with Crippen molar-refractivity contribution in [3.63, 3.8) is 0 Å². The predicted octanol–water partition coefficient (Wildman–Crippen LogP) is 1.95. The Hall–Kier alpha value is -1.10. The minimum Gasteiger partial charge on any atom is -0.378 e. The Kier molecular flexibility index (Phi) is 7.72. The van der Waals surface area contributed by atoms with Crippen LogP contribution in [0.15, 0.2) is 30.3 Å². The lowest BCUT2D eigenvalue weighted by Crippen LogP contribution is -2.51. The summed E-state index contributed by atoms with van der Waals surface area (Å²) in [6.07, 6.45) is 0. The summed E-state index contributed by atoms with van der Waals surface area (Å²) in [6.45, 7) is 6.92. The molecule has 2 atom stereocenters. The van der Waals surface area contributed by atoms with Crippen LogP contribution in [0.3, 0.4) is 0 Å². The number of nitrogens with one attached hydrogen (secondary N) is 2. The van der Waals surface area contributed by atoms with E-state index in [1.807, 2.05) is 18.2 Å². The van der Waals surface area contributed by atoms with Crippen molar-refractivity contribution in [2.75, 3.05) is 26.3 Å². The highest BCUT2D eigenvalue weighted by molar-refractivity contribution is 5.85. The Labute approximate surface area is 133 Å². The molecule has 0 aromatic heterocycles. The van der Waals surface area contributed by atoms with Crippen LogP contribution in [0.4, 0.5) is 0 Å². The average molecular weight is 313 g/mol. The monoisotopic (exact) mass is 312 g/mol. The second kappa shape index (κ2) is 9.03. The van der Waals surface area contributed by atoms with Crippen LogP contribution in [0.25, 0.3) is 0 Å². The summed E-state index contributed by atoms with van der Waals surface area (Å²) >= 11 is 0. The smallest absolute Gasteiger partial charge is 0.239 e. The molecule has 1 saturated heterocycles. The van der Waals surface area contributed by atoms with Gasteiger partial charge in [-0.05, 0) is 11.5 Å². The molecule has 5 heteroatoms. The van der Waals surface area contributed by atoms with Crippen LogP contribution in [0.2, 0.25) is 0 Å². The third-order valence-electron chi connectivity index (χ3n) is 3.77. The largest absolute Gasteiger partial charge is 0.378 e. The van der Waals surface area contributed by atoms with E-state index in [0.29, 0.717) is 31.6 Å². The zero-order valence-corrected chi connectivity index (χ0v) is 13.5. The van der Waals surface area contributed by atoms with Gasteiger partial charge in [0.1, 0.15) is 6.04 Å². The number of amides is 1. The maximum absolute atomic E-state index is 12.1. The maximum atomic E-state index is 12.1. The van der Waals surface area contributed by atoms with Crippen molar-refractivity contribution in [3.05, 3.63) is 35.9 Å². The number of carbonyl (C=O) groups excluding carboxylic acids is 1. The van der Waals surface area contributed by atoms with Gasteiger partial charge in [-0.2, -0.15) is 0 Å². The Morgan fingerprint density at radius 1 is 1.38 bits per heavy atom. The zero-order valence-electron chi connectivity index (χ0n) is 12.7. The second-order valence-corrected chi connectivity index (χ2v) is 5.59. The molecule has 1 aliphatic rings. The molecule has 1 aromatic carbocycles. The Morgan fingerprint density at radius 2 is 2.10 bits per heavy atom. The summed E-state index contributed by atoms with van der Waals surface area (Å²) in [5.41, 5.74) is 1.27. The molecular weight excluding hydrogens is 288 g/mol. The van der Waals surface area contributed by atoms with Gasteiger partial charge >= 0.3 is 0 Å². The van der Waals surface area contributed by atoms with Gasteiger partial charge < -0.3 is 15.4 Å². The topological polar surface area (TPSA) is 50.4 Å². The summed E-state index contributed by atoms with van der Waals surface area (Å²) in [5.74, 6) is 0.851. The highest BCUT2D eigenvalue weighted by Gasteiger charge is 2.23. The number of halogens is 1. The van der Waals surface area contributed by atoms with E-state index in [2.05, 4.69) is 36.6 Å². The normalized spacial score (nSPS) is 19.7. The quantitative estimate of drug-likeness (QED) is 0.874. The van der Waals surface area contributed by atoms with Crippen LogP contribution in [0, 0.1) is 5.92 Å². The molecule has 2 rings (SSSR count). The van der Waals surface area contributed by atoms with E-state index in [0.717, 1.165) is 6.54 Å². The third kappa shape index (κ3) is 5.30. The molecule has 2 N–H and O–H groups in total. The van der Waals surface area contributed by atoms with Crippen molar-refractivity contribution in [3.8, 4) is 0 Å². The highest BCUT2D eigenvalue weighted by atomic mass is 35.5. The van der Waals surface area contributed by atoms with Gasteiger partial charge in [0.05, 0.1) is 13.2 Å².